The van der Waals surface area contributed by atoms with Gasteiger partial charge in [0.2, 0.25) is 21.8 Å². The van der Waals surface area contributed by atoms with E-state index in [4.69, 9.17) is 0 Å². The summed E-state index contributed by atoms with van der Waals surface area (Å²) in [6.45, 7) is 4.02. The molecule has 0 radical (unpaired) electrons. The topological polar surface area (TPSA) is 86.8 Å². The van der Waals surface area contributed by atoms with Gasteiger partial charge in [-0.05, 0) is 73.6 Å². The summed E-state index contributed by atoms with van der Waals surface area (Å²) in [5.74, 6) is -0.852. The molecule has 0 saturated heterocycles. The van der Waals surface area contributed by atoms with Crippen molar-refractivity contribution in [1.82, 2.24) is 10.2 Å². The lowest BCUT2D eigenvalue weighted by molar-refractivity contribution is -0.141. The van der Waals surface area contributed by atoms with E-state index in [2.05, 4.69) is 5.32 Å². The van der Waals surface area contributed by atoms with Crippen LogP contribution in [0.5, 0.6) is 0 Å². The Kier molecular flexibility index (Phi) is 11.0. The molecule has 1 aliphatic carbocycles. The van der Waals surface area contributed by atoms with Gasteiger partial charge >= 0.3 is 0 Å². The van der Waals surface area contributed by atoms with E-state index in [-0.39, 0.29) is 49.6 Å². The van der Waals surface area contributed by atoms with Crippen LogP contribution >= 0.6 is 0 Å². The Hall–Kier alpha value is -3.72. The van der Waals surface area contributed by atoms with Gasteiger partial charge in [0, 0.05) is 32.0 Å². The number of hydrogen-bond acceptors (Lipinski definition) is 4. The first-order valence-electron chi connectivity index (χ1n) is 14.9. The highest BCUT2D eigenvalue weighted by atomic mass is 32.2. The molecular weight excluding hydrogens is 565 g/mol. The zero-order valence-corrected chi connectivity index (χ0v) is 26.1. The summed E-state index contributed by atoms with van der Waals surface area (Å²) in [4.78, 5) is 29.4. The number of aryl methyl sites for hydroxylation is 2. The predicted octanol–water partition coefficient (Wildman–Crippen LogP) is 5.69. The number of benzene rings is 3. The first-order valence-corrected chi connectivity index (χ1v) is 16.8. The molecule has 1 atom stereocenters. The summed E-state index contributed by atoms with van der Waals surface area (Å²) in [6, 6.07) is 20.5. The molecule has 0 heterocycles. The molecule has 3 aromatic rings. The Bertz CT molecular complexity index is 1490. The normalized spacial score (nSPS) is 14.3. The van der Waals surface area contributed by atoms with Gasteiger partial charge in [0.15, 0.2) is 0 Å². The Morgan fingerprint density at radius 1 is 0.953 bits per heavy atom. The third-order valence-electron chi connectivity index (χ3n) is 8.02. The number of carbonyl (C=O) groups excluding carboxylic acids is 2. The molecule has 2 amide bonds. The van der Waals surface area contributed by atoms with E-state index in [0.717, 1.165) is 42.4 Å². The second-order valence-corrected chi connectivity index (χ2v) is 13.5. The highest BCUT2D eigenvalue weighted by Gasteiger charge is 2.32. The van der Waals surface area contributed by atoms with Crippen LogP contribution in [0, 0.1) is 19.7 Å². The maximum atomic E-state index is 14.0. The highest BCUT2D eigenvalue weighted by Crippen LogP contribution is 2.25. The van der Waals surface area contributed by atoms with Crippen molar-refractivity contribution in [3.63, 3.8) is 0 Å². The second kappa shape index (κ2) is 14.6. The van der Waals surface area contributed by atoms with Crippen LogP contribution in [-0.2, 0) is 32.6 Å². The van der Waals surface area contributed by atoms with Crippen LogP contribution in [0.2, 0.25) is 0 Å². The average Bonchev–Trinajstić information content (AvgIpc) is 3.48. The Morgan fingerprint density at radius 3 is 2.28 bits per heavy atom. The number of amides is 2. The minimum Gasteiger partial charge on any atom is -0.352 e. The van der Waals surface area contributed by atoms with Crippen LogP contribution in [0.25, 0.3) is 0 Å². The van der Waals surface area contributed by atoms with Gasteiger partial charge in [0.05, 0.1) is 11.9 Å². The van der Waals surface area contributed by atoms with Gasteiger partial charge in [-0.25, -0.2) is 12.8 Å². The number of rotatable bonds is 13. The molecule has 0 aromatic heterocycles. The van der Waals surface area contributed by atoms with Crippen LogP contribution in [0.4, 0.5) is 10.1 Å². The molecule has 0 bridgehead atoms. The molecule has 0 aliphatic heterocycles. The number of nitrogens with zero attached hydrogens (tertiary/aromatic N) is 2. The fourth-order valence-electron chi connectivity index (χ4n) is 5.68. The molecule has 0 unspecified atom stereocenters. The fraction of sp³-hybridized carbons (Fsp3) is 0.412. The lowest BCUT2D eigenvalue weighted by Gasteiger charge is -2.33. The lowest BCUT2D eigenvalue weighted by Crippen LogP contribution is -2.52. The summed E-state index contributed by atoms with van der Waals surface area (Å²) in [6.07, 6.45) is 5.74. The quantitative estimate of drug-likeness (QED) is 0.271. The number of carbonyl (C=O) groups is 2. The first kappa shape index (κ1) is 32.2. The predicted molar refractivity (Wildman–Crippen MR) is 169 cm³/mol. The van der Waals surface area contributed by atoms with Gasteiger partial charge in [-0.2, -0.15) is 0 Å². The molecule has 3 aromatic carbocycles. The van der Waals surface area contributed by atoms with Gasteiger partial charge in [-0.1, -0.05) is 67.4 Å². The molecule has 1 N–H and O–H groups in total. The van der Waals surface area contributed by atoms with Crippen LogP contribution in [0.15, 0.2) is 72.8 Å². The van der Waals surface area contributed by atoms with Crippen molar-refractivity contribution in [1.29, 1.82) is 0 Å². The zero-order chi connectivity index (χ0) is 31.0. The van der Waals surface area contributed by atoms with Crippen molar-refractivity contribution >= 4 is 27.5 Å². The largest absolute Gasteiger partial charge is 0.352 e. The van der Waals surface area contributed by atoms with E-state index in [9.17, 15) is 22.4 Å². The number of halogens is 1. The first-order chi connectivity index (χ1) is 20.5. The number of anilines is 1. The van der Waals surface area contributed by atoms with E-state index in [1.807, 2.05) is 62.4 Å². The molecule has 4 rings (SSSR count). The van der Waals surface area contributed by atoms with E-state index < -0.39 is 16.1 Å². The number of nitrogens with one attached hydrogen (secondary N) is 1. The van der Waals surface area contributed by atoms with Gasteiger partial charge in [0.1, 0.15) is 11.9 Å². The van der Waals surface area contributed by atoms with E-state index in [1.165, 1.54) is 22.7 Å². The summed E-state index contributed by atoms with van der Waals surface area (Å²) in [5.41, 5.74) is 3.98. The third kappa shape index (κ3) is 9.13. The van der Waals surface area contributed by atoms with Gasteiger partial charge in [0.25, 0.3) is 0 Å². The smallest absolute Gasteiger partial charge is 0.243 e. The molecular formula is C34H42FN3O4S. The van der Waals surface area contributed by atoms with Crippen LogP contribution in [0.1, 0.15) is 60.8 Å². The summed E-state index contributed by atoms with van der Waals surface area (Å²) in [7, 11) is -3.60. The summed E-state index contributed by atoms with van der Waals surface area (Å²) in [5, 5.41) is 3.18. The van der Waals surface area contributed by atoms with Crippen LogP contribution < -0.4 is 9.62 Å². The summed E-state index contributed by atoms with van der Waals surface area (Å²) >= 11 is 0. The van der Waals surface area contributed by atoms with Crippen molar-refractivity contribution in [2.75, 3.05) is 17.1 Å². The van der Waals surface area contributed by atoms with Crippen molar-refractivity contribution < 1.29 is 22.4 Å². The molecule has 7 nitrogen and oxygen atoms in total. The van der Waals surface area contributed by atoms with Crippen molar-refractivity contribution in [2.24, 2.45) is 0 Å². The van der Waals surface area contributed by atoms with Gasteiger partial charge < -0.3 is 10.2 Å². The second-order valence-electron chi connectivity index (χ2n) is 11.6. The summed E-state index contributed by atoms with van der Waals surface area (Å²) < 4.78 is 40.6. The average molecular weight is 608 g/mol. The molecule has 0 spiro atoms. The van der Waals surface area contributed by atoms with Crippen molar-refractivity contribution in [3.05, 3.63) is 101 Å². The molecule has 1 saturated carbocycles. The van der Waals surface area contributed by atoms with E-state index >= 15 is 0 Å². The van der Waals surface area contributed by atoms with Gasteiger partial charge in [-0.3, -0.25) is 13.9 Å². The van der Waals surface area contributed by atoms with Crippen molar-refractivity contribution in [3.8, 4) is 0 Å². The minimum atomic E-state index is -3.60. The maximum Gasteiger partial charge on any atom is 0.243 e. The standard InChI is InChI=1S/C34H42FN3O4S/c1-25-15-16-26(2)31(22-25)38(43(3,41)42)21-9-14-33(39)37(24-28-17-19-29(35)20-18-28)32(23-27-10-5-4-6-11-27)34(40)36-30-12-7-8-13-30/h4-6,10-11,15-20,22,30,32H,7-9,12-14,21,23-24H2,1-3H3,(H,36,40)/t32-/m0/s1. The molecule has 230 valence electrons. The van der Waals surface area contributed by atoms with E-state index in [0.29, 0.717) is 17.7 Å². The highest BCUT2D eigenvalue weighted by molar-refractivity contribution is 7.92. The van der Waals surface area contributed by atoms with Crippen LogP contribution in [0.3, 0.4) is 0 Å². The van der Waals surface area contributed by atoms with Crippen molar-refractivity contribution in [2.45, 2.75) is 77.4 Å². The Balaban J connectivity index is 1.59. The Labute approximate surface area is 255 Å². The molecule has 43 heavy (non-hydrogen) atoms. The molecule has 1 fully saturated rings. The molecule has 9 heteroatoms. The third-order valence-corrected chi connectivity index (χ3v) is 9.20. The molecule has 1 aliphatic rings. The minimum absolute atomic E-state index is 0.0417. The number of hydrogen-bond donors (Lipinski definition) is 1. The monoisotopic (exact) mass is 607 g/mol. The lowest BCUT2D eigenvalue weighted by atomic mass is 10.0. The van der Waals surface area contributed by atoms with Gasteiger partial charge in [-0.15, -0.1) is 0 Å². The zero-order valence-electron chi connectivity index (χ0n) is 25.3. The number of sulfonamides is 1. The van der Waals surface area contributed by atoms with Crippen LogP contribution in [-0.4, -0.2) is 50.0 Å². The van der Waals surface area contributed by atoms with E-state index in [1.54, 1.807) is 17.0 Å². The fourth-order valence-corrected chi connectivity index (χ4v) is 6.69. The Morgan fingerprint density at radius 2 is 1.63 bits per heavy atom. The maximum absolute atomic E-state index is 14.0. The SMILES string of the molecule is Cc1ccc(C)c(N(CCCC(=O)N(Cc2ccc(F)cc2)[C@@H](Cc2ccccc2)C(=O)NC2CCCC2)S(C)(=O)=O)c1.